The quantitative estimate of drug-likeness (QED) is 0.218. The molecule has 0 saturated carbocycles. The molecule has 2 aromatic rings. The van der Waals surface area contributed by atoms with Gasteiger partial charge >= 0.3 is 12.1 Å². The first kappa shape index (κ1) is 38.5. The molecule has 0 saturated heterocycles. The molecule has 11 heteroatoms. The Bertz CT molecular complexity index is 1290. The van der Waals surface area contributed by atoms with E-state index in [4.69, 9.17) is 9.47 Å². The van der Waals surface area contributed by atoms with Gasteiger partial charge < -0.3 is 30.1 Å². The van der Waals surface area contributed by atoms with Gasteiger partial charge in [-0.25, -0.2) is 9.59 Å². The van der Waals surface area contributed by atoms with E-state index in [0.717, 1.165) is 5.56 Å². The first-order valence-electron chi connectivity index (χ1n) is 15.6. The van der Waals surface area contributed by atoms with Gasteiger partial charge in [0.15, 0.2) is 0 Å². The number of ether oxygens (including phenoxy) is 2. The largest absolute Gasteiger partial charge is 0.508 e. The topological polar surface area (TPSA) is 134 Å². The summed E-state index contributed by atoms with van der Waals surface area (Å²) in [7, 11) is 0. The summed E-state index contributed by atoms with van der Waals surface area (Å²) >= 11 is 1.52. The highest BCUT2D eigenvalue weighted by atomic mass is 32.2. The number of thioether (sulfide) groups is 1. The van der Waals surface area contributed by atoms with Crippen LogP contribution in [-0.4, -0.2) is 75.2 Å². The third-order valence-electron chi connectivity index (χ3n) is 6.95. The number of hydrogen-bond donors (Lipinski definition) is 3. The lowest BCUT2D eigenvalue weighted by Gasteiger charge is -2.38. The van der Waals surface area contributed by atoms with Crippen LogP contribution in [0.5, 0.6) is 5.75 Å². The molecule has 0 fully saturated rings. The molecule has 46 heavy (non-hydrogen) atoms. The lowest BCUT2D eigenvalue weighted by molar-refractivity contribution is -0.159. The zero-order valence-electron chi connectivity index (χ0n) is 28.6. The zero-order chi connectivity index (χ0) is 34.7. The third kappa shape index (κ3) is 12.6. The summed E-state index contributed by atoms with van der Waals surface area (Å²) < 4.78 is 11.1. The van der Waals surface area contributed by atoms with Crippen molar-refractivity contribution in [1.29, 1.82) is 0 Å². The van der Waals surface area contributed by atoms with E-state index in [1.54, 1.807) is 53.7 Å². The summed E-state index contributed by atoms with van der Waals surface area (Å²) in [5, 5.41) is 15.7. The van der Waals surface area contributed by atoms with Crippen molar-refractivity contribution in [3.63, 3.8) is 0 Å². The number of hydrogen-bond acceptors (Lipinski definition) is 8. The van der Waals surface area contributed by atoms with Gasteiger partial charge in [0.1, 0.15) is 35.1 Å². The van der Waals surface area contributed by atoms with Gasteiger partial charge in [-0.2, -0.15) is 11.8 Å². The number of nitrogens with one attached hydrogen (secondary N) is 2. The minimum Gasteiger partial charge on any atom is -0.508 e. The Balaban J connectivity index is 2.61. The van der Waals surface area contributed by atoms with Gasteiger partial charge in [-0.3, -0.25) is 9.59 Å². The van der Waals surface area contributed by atoms with Gasteiger partial charge in [0.25, 0.3) is 0 Å². The van der Waals surface area contributed by atoms with Crippen LogP contribution in [0.1, 0.15) is 85.4 Å². The number of phenolic OH excluding ortho intramolecular Hbond substituents is 1. The van der Waals surface area contributed by atoms with Gasteiger partial charge in [0.05, 0.1) is 0 Å². The second kappa shape index (κ2) is 17.3. The van der Waals surface area contributed by atoms with Crippen molar-refractivity contribution in [2.75, 3.05) is 12.0 Å². The van der Waals surface area contributed by atoms with Crippen molar-refractivity contribution < 1.29 is 33.8 Å². The molecular weight excluding hydrogens is 606 g/mol. The predicted molar refractivity (Wildman–Crippen MR) is 182 cm³/mol. The molecule has 0 radical (unpaired) electrons. The number of nitrogens with zero attached hydrogens (tertiary/aromatic N) is 1. The standard InChI is InChI=1S/C35H51N3O7S/c1-10-23(2)38(31(41)27(20-21-46-9)37-33(43)45-35(6,7)8)29(25-16-18-26(39)19-17-25)30(40)36-28(32(42)44-34(3,4)5)22-24-14-12-11-13-15-24/h11-19,23,27-29,39H,10,20-22H2,1-9H3,(H,36,40)(H,37,43). The smallest absolute Gasteiger partial charge is 0.408 e. The molecule has 0 aliphatic rings. The maximum Gasteiger partial charge on any atom is 0.408 e. The Morgan fingerprint density at radius 2 is 1.46 bits per heavy atom. The van der Waals surface area contributed by atoms with E-state index in [0.29, 0.717) is 24.2 Å². The number of aromatic hydroxyl groups is 1. The Kier molecular flexibility index (Phi) is 14.4. The summed E-state index contributed by atoms with van der Waals surface area (Å²) in [4.78, 5) is 56.6. The number of carbonyl (C=O) groups excluding carboxylic acids is 4. The molecule has 2 rings (SSSR count). The van der Waals surface area contributed by atoms with Crippen LogP contribution in [0.15, 0.2) is 54.6 Å². The Morgan fingerprint density at radius 1 is 0.870 bits per heavy atom. The second-order valence-corrected chi connectivity index (χ2v) is 14.2. The highest BCUT2D eigenvalue weighted by Gasteiger charge is 2.40. The molecule has 4 unspecified atom stereocenters. The fourth-order valence-electron chi connectivity index (χ4n) is 4.68. The molecule has 4 atom stereocenters. The number of carbonyl (C=O) groups is 4. The van der Waals surface area contributed by atoms with Crippen molar-refractivity contribution in [3.05, 3.63) is 65.7 Å². The molecule has 0 aromatic heterocycles. The molecule has 2 aromatic carbocycles. The lowest BCUT2D eigenvalue weighted by Crippen LogP contribution is -2.57. The molecule has 254 valence electrons. The number of esters is 1. The Morgan fingerprint density at radius 3 is 1.98 bits per heavy atom. The molecule has 0 aliphatic carbocycles. The third-order valence-corrected chi connectivity index (χ3v) is 7.59. The molecular formula is C35H51N3O7S. The van der Waals surface area contributed by atoms with Crippen molar-refractivity contribution in [2.45, 2.75) is 110 Å². The minimum absolute atomic E-state index is 0.00975. The summed E-state index contributed by atoms with van der Waals surface area (Å²) in [5.41, 5.74) is -0.345. The SMILES string of the molecule is CCC(C)N(C(=O)C(CCSC)NC(=O)OC(C)(C)C)C(C(=O)NC(Cc1ccccc1)C(=O)OC(C)(C)C)c1ccc(O)cc1. The number of alkyl carbamates (subject to hydrolysis) is 1. The monoisotopic (exact) mass is 657 g/mol. The maximum atomic E-state index is 14.5. The van der Waals surface area contributed by atoms with Crippen LogP contribution >= 0.6 is 11.8 Å². The maximum absolute atomic E-state index is 14.5. The van der Waals surface area contributed by atoms with Gasteiger partial charge in [-0.05, 0) is 96.6 Å². The van der Waals surface area contributed by atoms with Gasteiger partial charge in [-0.1, -0.05) is 49.4 Å². The molecule has 0 bridgehead atoms. The van der Waals surface area contributed by atoms with E-state index >= 15 is 0 Å². The van der Waals surface area contributed by atoms with Crippen molar-refractivity contribution in [2.24, 2.45) is 0 Å². The van der Waals surface area contributed by atoms with Crippen molar-refractivity contribution in [3.8, 4) is 5.75 Å². The summed E-state index contributed by atoms with van der Waals surface area (Å²) in [6.45, 7) is 14.2. The molecule has 0 spiro atoms. The predicted octanol–water partition coefficient (Wildman–Crippen LogP) is 5.78. The lowest BCUT2D eigenvalue weighted by atomic mass is 9.98. The van der Waals surface area contributed by atoms with Crippen LogP contribution in [-0.2, 0) is 30.3 Å². The number of rotatable bonds is 14. The van der Waals surface area contributed by atoms with Crippen molar-refractivity contribution in [1.82, 2.24) is 15.5 Å². The van der Waals surface area contributed by atoms with Crippen LogP contribution in [0.2, 0.25) is 0 Å². The average molecular weight is 658 g/mol. The van der Waals surface area contributed by atoms with Crippen LogP contribution in [0.3, 0.4) is 0 Å². The molecule has 3 amide bonds. The highest BCUT2D eigenvalue weighted by molar-refractivity contribution is 7.98. The van der Waals surface area contributed by atoms with Crippen LogP contribution in [0, 0.1) is 0 Å². The van der Waals surface area contributed by atoms with E-state index in [9.17, 15) is 24.3 Å². The normalized spacial score (nSPS) is 14.3. The van der Waals surface area contributed by atoms with Crippen LogP contribution in [0.4, 0.5) is 4.79 Å². The van der Waals surface area contributed by atoms with Crippen molar-refractivity contribution >= 4 is 35.6 Å². The fraction of sp³-hybridized carbons (Fsp3) is 0.543. The fourth-order valence-corrected chi connectivity index (χ4v) is 5.15. The average Bonchev–Trinajstić information content (AvgIpc) is 2.96. The molecule has 10 nitrogen and oxygen atoms in total. The highest BCUT2D eigenvalue weighted by Crippen LogP contribution is 2.29. The van der Waals surface area contributed by atoms with Gasteiger partial charge in [0, 0.05) is 12.5 Å². The summed E-state index contributed by atoms with van der Waals surface area (Å²) in [6, 6.07) is 11.6. The summed E-state index contributed by atoms with van der Waals surface area (Å²) in [6.07, 6.45) is 2.11. The minimum atomic E-state index is -1.21. The van der Waals surface area contributed by atoms with E-state index in [1.165, 1.54) is 28.8 Å². The molecule has 0 aliphatic heterocycles. The second-order valence-electron chi connectivity index (χ2n) is 13.3. The van der Waals surface area contributed by atoms with Gasteiger partial charge in [-0.15, -0.1) is 0 Å². The number of benzene rings is 2. The molecule has 0 heterocycles. The number of phenols is 1. The van der Waals surface area contributed by atoms with E-state index in [1.807, 2.05) is 50.4 Å². The first-order valence-corrected chi connectivity index (χ1v) is 17.0. The summed E-state index contributed by atoms with van der Waals surface area (Å²) in [5.74, 6) is -1.13. The first-order chi connectivity index (χ1) is 21.5. The van der Waals surface area contributed by atoms with E-state index in [-0.39, 0.29) is 12.2 Å². The van der Waals surface area contributed by atoms with Crippen LogP contribution < -0.4 is 10.6 Å². The van der Waals surface area contributed by atoms with Gasteiger partial charge in [0.2, 0.25) is 11.8 Å². The Labute approximate surface area is 278 Å². The van der Waals surface area contributed by atoms with E-state index in [2.05, 4.69) is 10.6 Å². The van der Waals surface area contributed by atoms with E-state index < -0.39 is 59.2 Å². The molecule has 3 N–H and O–H groups in total. The Hall–Kier alpha value is -3.73. The zero-order valence-corrected chi connectivity index (χ0v) is 29.4. The van der Waals surface area contributed by atoms with Crippen LogP contribution in [0.25, 0.3) is 0 Å². The number of amides is 3.